The maximum absolute atomic E-state index is 14.2. The Hall–Kier alpha value is -2.75. The zero-order valence-corrected chi connectivity index (χ0v) is 23.0. The van der Waals surface area contributed by atoms with Crippen molar-refractivity contribution in [1.29, 1.82) is 0 Å². The molecule has 0 bridgehead atoms. The van der Waals surface area contributed by atoms with Crippen LogP contribution in [-0.2, 0) is 21.2 Å². The molecule has 0 N–H and O–H groups in total. The maximum atomic E-state index is 14.2. The molecule has 2 aromatic carbocycles. The minimum Gasteiger partial charge on any atom is -0.488 e. The number of fused-ring (bicyclic) bond motifs is 1. The van der Waals surface area contributed by atoms with Crippen LogP contribution in [0.1, 0.15) is 42.3 Å². The number of benzene rings is 2. The van der Waals surface area contributed by atoms with Gasteiger partial charge in [-0.2, -0.15) is 4.31 Å². The summed E-state index contributed by atoms with van der Waals surface area (Å²) in [5.41, 5.74) is 1.93. The molecular weight excluding hydrogens is 511 g/mol. The van der Waals surface area contributed by atoms with Crippen LogP contribution in [0.15, 0.2) is 64.9 Å². The molecule has 1 aromatic heterocycles. The number of rotatable bonds is 10. The molecule has 3 aromatic rings. The molecule has 1 amide bonds. The first-order valence-corrected chi connectivity index (χ1v) is 14.8. The molecule has 37 heavy (non-hydrogen) atoms. The van der Waals surface area contributed by atoms with Gasteiger partial charge in [-0.25, -0.2) is 12.8 Å². The van der Waals surface area contributed by atoms with Gasteiger partial charge in [-0.05, 0) is 67.0 Å². The van der Waals surface area contributed by atoms with Crippen LogP contribution in [0.5, 0.6) is 5.75 Å². The van der Waals surface area contributed by atoms with E-state index in [0.717, 1.165) is 16.0 Å². The molecule has 1 aliphatic rings. The third-order valence-corrected chi connectivity index (χ3v) is 9.43. The van der Waals surface area contributed by atoms with Crippen molar-refractivity contribution in [1.82, 2.24) is 9.21 Å². The van der Waals surface area contributed by atoms with Gasteiger partial charge < -0.3 is 9.64 Å². The smallest absolute Gasteiger partial charge is 0.243 e. The number of sulfonamides is 1. The Labute approximate surface area is 222 Å². The fourth-order valence-electron chi connectivity index (χ4n) is 4.39. The van der Waals surface area contributed by atoms with Crippen molar-refractivity contribution in [2.24, 2.45) is 5.92 Å². The number of carbonyl (C=O) groups excluding carboxylic acids is 1. The molecule has 0 aliphatic carbocycles. The van der Waals surface area contributed by atoms with Crippen molar-refractivity contribution in [3.63, 3.8) is 0 Å². The number of aryl methyl sites for hydroxylation is 1. The van der Waals surface area contributed by atoms with Gasteiger partial charge in [0, 0.05) is 18.0 Å². The summed E-state index contributed by atoms with van der Waals surface area (Å²) in [5.74, 6) is -0.363. The molecule has 9 heteroatoms. The molecule has 0 saturated heterocycles. The zero-order valence-electron chi connectivity index (χ0n) is 21.4. The topological polar surface area (TPSA) is 66.9 Å². The highest BCUT2D eigenvalue weighted by atomic mass is 32.2. The van der Waals surface area contributed by atoms with Crippen LogP contribution in [0.25, 0.3) is 0 Å². The number of para-hydroxylation sites is 1. The van der Waals surface area contributed by atoms with Crippen LogP contribution >= 0.6 is 11.3 Å². The molecule has 1 atom stereocenters. The summed E-state index contributed by atoms with van der Waals surface area (Å²) in [4.78, 5) is 16.7. The zero-order chi connectivity index (χ0) is 26.6. The van der Waals surface area contributed by atoms with E-state index >= 15 is 0 Å². The van der Waals surface area contributed by atoms with E-state index in [-0.39, 0.29) is 42.2 Å². The summed E-state index contributed by atoms with van der Waals surface area (Å²) < 4.78 is 48.4. The maximum Gasteiger partial charge on any atom is 0.243 e. The second-order valence-corrected chi connectivity index (χ2v) is 12.7. The van der Waals surface area contributed by atoms with Gasteiger partial charge in [0.2, 0.25) is 15.9 Å². The Morgan fingerprint density at radius 1 is 1.16 bits per heavy atom. The van der Waals surface area contributed by atoms with Crippen molar-refractivity contribution < 1.29 is 22.3 Å². The lowest BCUT2D eigenvalue weighted by atomic mass is 10.0. The quantitative estimate of drug-likeness (QED) is 0.341. The molecule has 0 unspecified atom stereocenters. The monoisotopic (exact) mass is 544 g/mol. The molecule has 1 aliphatic heterocycles. The lowest BCUT2D eigenvalue weighted by Crippen LogP contribution is -2.48. The number of ether oxygens (including phenoxy) is 1. The van der Waals surface area contributed by atoms with Crippen molar-refractivity contribution in [2.75, 3.05) is 26.2 Å². The first-order valence-electron chi connectivity index (χ1n) is 12.5. The third-order valence-electron chi connectivity index (χ3n) is 6.57. The lowest BCUT2D eigenvalue weighted by molar-refractivity contribution is -0.135. The standard InChI is InChI=1S/C28H33FN2O4S2/c1-20(2)12-15-30(37(33,34)22-10-8-21(3)9-11-22)18-28(32)31-16-13-27-23(14-17-36-27)25(31)19-35-26-7-5-4-6-24(26)29/h4-11,14,17,20,25H,12-13,15-16,18-19H2,1-3H3/t25-/m0/s1. The molecule has 0 saturated carbocycles. The van der Waals surface area contributed by atoms with Crippen LogP contribution in [0.4, 0.5) is 4.39 Å². The summed E-state index contributed by atoms with van der Waals surface area (Å²) in [6.07, 6.45) is 1.32. The average Bonchev–Trinajstić information content (AvgIpc) is 3.35. The minimum atomic E-state index is -3.87. The molecule has 198 valence electrons. The summed E-state index contributed by atoms with van der Waals surface area (Å²) in [5, 5.41) is 1.98. The van der Waals surface area contributed by atoms with Crippen LogP contribution in [0.3, 0.4) is 0 Å². The van der Waals surface area contributed by atoms with Gasteiger partial charge >= 0.3 is 0 Å². The van der Waals surface area contributed by atoms with E-state index in [0.29, 0.717) is 19.4 Å². The van der Waals surface area contributed by atoms with Gasteiger partial charge in [0.15, 0.2) is 11.6 Å². The Balaban J connectivity index is 1.58. The molecule has 6 nitrogen and oxygen atoms in total. The fraction of sp³-hybridized carbons (Fsp3) is 0.393. The minimum absolute atomic E-state index is 0.0765. The Morgan fingerprint density at radius 3 is 2.59 bits per heavy atom. The summed E-state index contributed by atoms with van der Waals surface area (Å²) in [7, 11) is -3.87. The Morgan fingerprint density at radius 2 is 1.89 bits per heavy atom. The van der Waals surface area contributed by atoms with Crippen LogP contribution in [0.2, 0.25) is 0 Å². The number of thiophene rings is 1. The normalized spacial score (nSPS) is 15.7. The van der Waals surface area contributed by atoms with Gasteiger partial charge in [-0.15, -0.1) is 11.3 Å². The number of carbonyl (C=O) groups is 1. The van der Waals surface area contributed by atoms with Gasteiger partial charge in [0.1, 0.15) is 6.61 Å². The highest BCUT2D eigenvalue weighted by Gasteiger charge is 2.35. The summed E-state index contributed by atoms with van der Waals surface area (Å²) >= 11 is 1.62. The van der Waals surface area contributed by atoms with E-state index in [9.17, 15) is 17.6 Å². The van der Waals surface area contributed by atoms with Gasteiger partial charge in [0.05, 0.1) is 17.5 Å². The third kappa shape index (κ3) is 6.40. The van der Waals surface area contributed by atoms with Crippen LogP contribution in [0, 0.1) is 18.7 Å². The largest absolute Gasteiger partial charge is 0.488 e. The number of halogens is 1. The lowest BCUT2D eigenvalue weighted by Gasteiger charge is -2.37. The second kappa shape index (κ2) is 11.8. The second-order valence-electron chi connectivity index (χ2n) is 9.73. The van der Waals surface area contributed by atoms with E-state index in [4.69, 9.17) is 4.74 Å². The van der Waals surface area contributed by atoms with Gasteiger partial charge in [-0.1, -0.05) is 43.7 Å². The molecule has 2 heterocycles. The van der Waals surface area contributed by atoms with Gasteiger partial charge in [-0.3, -0.25) is 4.79 Å². The molecule has 0 radical (unpaired) electrons. The number of amides is 1. The number of nitrogens with zero attached hydrogens (tertiary/aromatic N) is 2. The molecule has 4 rings (SSSR count). The van der Waals surface area contributed by atoms with E-state index in [1.807, 2.05) is 32.2 Å². The number of hydrogen-bond donors (Lipinski definition) is 0. The molecular formula is C28H33FN2O4S2. The van der Waals surface area contributed by atoms with E-state index < -0.39 is 21.9 Å². The van der Waals surface area contributed by atoms with Crippen LogP contribution < -0.4 is 4.74 Å². The Kier molecular flexibility index (Phi) is 8.67. The first-order chi connectivity index (χ1) is 17.7. The van der Waals surface area contributed by atoms with E-state index in [1.165, 1.54) is 10.4 Å². The van der Waals surface area contributed by atoms with Crippen molar-refractivity contribution in [3.8, 4) is 5.75 Å². The van der Waals surface area contributed by atoms with Crippen molar-refractivity contribution in [2.45, 2.75) is 44.6 Å². The Bertz CT molecular complexity index is 1320. The van der Waals surface area contributed by atoms with Crippen molar-refractivity contribution >= 4 is 27.3 Å². The fourth-order valence-corrected chi connectivity index (χ4v) is 6.73. The summed E-state index contributed by atoms with van der Waals surface area (Å²) in [6, 6.07) is 14.4. The SMILES string of the molecule is Cc1ccc(S(=O)(=O)N(CCC(C)C)CC(=O)N2CCc3sccc3[C@@H]2COc2ccccc2F)cc1. The number of hydrogen-bond acceptors (Lipinski definition) is 5. The average molecular weight is 545 g/mol. The van der Waals surface area contributed by atoms with Crippen LogP contribution in [-0.4, -0.2) is 49.8 Å². The highest BCUT2D eigenvalue weighted by Crippen LogP contribution is 2.34. The summed E-state index contributed by atoms with van der Waals surface area (Å²) in [6.45, 7) is 6.45. The predicted octanol–water partition coefficient (Wildman–Crippen LogP) is 5.44. The molecule has 0 spiro atoms. The molecule has 0 fully saturated rings. The van der Waals surface area contributed by atoms with Crippen molar-refractivity contribution in [3.05, 3.63) is 81.8 Å². The highest BCUT2D eigenvalue weighted by molar-refractivity contribution is 7.89. The van der Waals surface area contributed by atoms with E-state index in [2.05, 4.69) is 0 Å². The first kappa shape index (κ1) is 27.3. The predicted molar refractivity (Wildman–Crippen MR) is 144 cm³/mol. The van der Waals surface area contributed by atoms with Gasteiger partial charge in [0.25, 0.3) is 0 Å². The van der Waals surface area contributed by atoms with E-state index in [1.54, 1.807) is 58.7 Å².